The van der Waals surface area contributed by atoms with Crippen LogP contribution in [0.25, 0.3) is 0 Å². The second-order valence-corrected chi connectivity index (χ2v) is 4.59. The van der Waals surface area contributed by atoms with Gasteiger partial charge in [-0.3, -0.25) is 0 Å². The molecule has 0 spiro atoms. The topological polar surface area (TPSA) is 41.5 Å². The fourth-order valence-corrected chi connectivity index (χ4v) is 1.99. The lowest BCUT2D eigenvalue weighted by Crippen LogP contribution is -2.12. The van der Waals surface area contributed by atoms with Crippen molar-refractivity contribution >= 4 is 0 Å². The van der Waals surface area contributed by atoms with E-state index in [0.29, 0.717) is 6.54 Å². The van der Waals surface area contributed by atoms with Gasteiger partial charge in [0.1, 0.15) is 11.5 Å². The summed E-state index contributed by atoms with van der Waals surface area (Å²) < 4.78 is 5.15. The molecule has 0 heterocycles. The van der Waals surface area contributed by atoms with Crippen LogP contribution >= 0.6 is 0 Å². The zero-order chi connectivity index (χ0) is 13.7. The molecule has 3 nitrogen and oxygen atoms in total. The first kappa shape index (κ1) is 13.4. The summed E-state index contributed by atoms with van der Waals surface area (Å²) in [6, 6.07) is 13.6. The van der Waals surface area contributed by atoms with Crippen LogP contribution in [0.2, 0.25) is 0 Å². The van der Waals surface area contributed by atoms with Crippen LogP contribution in [0.1, 0.15) is 16.7 Å². The zero-order valence-electron chi connectivity index (χ0n) is 11.3. The fourth-order valence-electron chi connectivity index (χ4n) is 1.99. The van der Waals surface area contributed by atoms with E-state index in [9.17, 15) is 5.11 Å². The summed E-state index contributed by atoms with van der Waals surface area (Å²) in [5.41, 5.74) is 3.33. The van der Waals surface area contributed by atoms with Crippen molar-refractivity contribution in [3.8, 4) is 11.5 Å². The monoisotopic (exact) mass is 257 g/mol. The van der Waals surface area contributed by atoms with Crippen molar-refractivity contribution in [3.63, 3.8) is 0 Å². The summed E-state index contributed by atoms with van der Waals surface area (Å²) in [5, 5.41) is 13.1. The van der Waals surface area contributed by atoms with Crippen molar-refractivity contribution in [1.82, 2.24) is 5.32 Å². The van der Waals surface area contributed by atoms with E-state index >= 15 is 0 Å². The minimum Gasteiger partial charge on any atom is -0.508 e. The Bertz CT molecular complexity index is 552. The Balaban J connectivity index is 1.95. The molecule has 2 N–H and O–H groups in total. The molecule has 0 unspecified atom stereocenters. The second kappa shape index (κ2) is 6.25. The number of aromatic hydroxyl groups is 1. The van der Waals surface area contributed by atoms with Gasteiger partial charge in [0.25, 0.3) is 0 Å². The van der Waals surface area contributed by atoms with Crippen LogP contribution in [0.4, 0.5) is 0 Å². The summed E-state index contributed by atoms with van der Waals surface area (Å²) in [7, 11) is 1.62. The molecular weight excluding hydrogens is 238 g/mol. The van der Waals surface area contributed by atoms with E-state index in [2.05, 4.69) is 36.5 Å². The van der Waals surface area contributed by atoms with Gasteiger partial charge in [0, 0.05) is 18.7 Å². The molecule has 0 saturated heterocycles. The van der Waals surface area contributed by atoms with Gasteiger partial charge < -0.3 is 15.2 Å². The number of phenolic OH excluding ortho intramolecular Hbond substituents is 1. The molecule has 3 heteroatoms. The van der Waals surface area contributed by atoms with Crippen LogP contribution in [-0.2, 0) is 13.1 Å². The number of nitrogens with one attached hydrogen (secondary N) is 1. The van der Waals surface area contributed by atoms with Gasteiger partial charge in [0.05, 0.1) is 7.11 Å². The van der Waals surface area contributed by atoms with Gasteiger partial charge in [-0.15, -0.1) is 0 Å². The van der Waals surface area contributed by atoms with Crippen LogP contribution in [0.5, 0.6) is 11.5 Å². The minimum atomic E-state index is 0.289. The van der Waals surface area contributed by atoms with E-state index in [1.54, 1.807) is 19.2 Å². The zero-order valence-corrected chi connectivity index (χ0v) is 11.3. The highest BCUT2D eigenvalue weighted by Crippen LogP contribution is 2.22. The molecule has 0 aliphatic rings. The molecule has 0 atom stereocenters. The van der Waals surface area contributed by atoms with Gasteiger partial charge in [-0.1, -0.05) is 29.8 Å². The number of aryl methyl sites for hydroxylation is 1. The number of phenols is 1. The number of methoxy groups -OCH3 is 1. The minimum absolute atomic E-state index is 0.289. The summed E-state index contributed by atoms with van der Waals surface area (Å²) in [6.45, 7) is 3.46. The Morgan fingerprint density at radius 1 is 1.11 bits per heavy atom. The molecule has 0 aromatic heterocycles. The first-order valence-corrected chi connectivity index (χ1v) is 6.31. The highest BCUT2D eigenvalue weighted by atomic mass is 16.5. The van der Waals surface area contributed by atoms with Crippen LogP contribution < -0.4 is 10.1 Å². The van der Waals surface area contributed by atoms with Gasteiger partial charge in [-0.25, -0.2) is 0 Å². The Labute approximate surface area is 113 Å². The van der Waals surface area contributed by atoms with Gasteiger partial charge in [0.2, 0.25) is 0 Å². The predicted molar refractivity (Wildman–Crippen MR) is 76.4 cm³/mol. The third kappa shape index (κ3) is 3.73. The molecule has 19 heavy (non-hydrogen) atoms. The summed E-state index contributed by atoms with van der Waals surface area (Å²) >= 11 is 0. The molecule has 2 aromatic rings. The number of hydrogen-bond acceptors (Lipinski definition) is 3. The molecule has 0 aliphatic heterocycles. The maximum absolute atomic E-state index is 9.78. The standard InChI is InChI=1S/C16H19NO2/c1-12-4-3-5-13(8-12)10-17-11-14-9-15(19-2)6-7-16(14)18/h3-9,17-18H,10-11H2,1-2H3. The molecule has 0 bridgehead atoms. The quantitative estimate of drug-likeness (QED) is 0.865. The highest BCUT2D eigenvalue weighted by Gasteiger charge is 2.03. The van der Waals surface area contributed by atoms with Crippen molar-refractivity contribution in [2.24, 2.45) is 0 Å². The third-order valence-electron chi connectivity index (χ3n) is 3.01. The lowest BCUT2D eigenvalue weighted by atomic mass is 10.1. The Hall–Kier alpha value is -2.00. The second-order valence-electron chi connectivity index (χ2n) is 4.59. The Kier molecular flexibility index (Phi) is 4.42. The molecule has 0 fully saturated rings. The average Bonchev–Trinajstić information content (AvgIpc) is 2.41. The van der Waals surface area contributed by atoms with Crippen molar-refractivity contribution < 1.29 is 9.84 Å². The van der Waals surface area contributed by atoms with Crippen molar-refractivity contribution in [2.45, 2.75) is 20.0 Å². The van der Waals surface area contributed by atoms with Gasteiger partial charge in [-0.2, -0.15) is 0 Å². The maximum Gasteiger partial charge on any atom is 0.120 e. The first-order chi connectivity index (χ1) is 9.19. The van der Waals surface area contributed by atoms with Crippen LogP contribution in [0, 0.1) is 6.92 Å². The lowest BCUT2D eigenvalue weighted by molar-refractivity contribution is 0.410. The van der Waals surface area contributed by atoms with Crippen LogP contribution in [0.3, 0.4) is 0 Å². The third-order valence-corrected chi connectivity index (χ3v) is 3.01. The number of hydrogen-bond donors (Lipinski definition) is 2. The molecule has 2 rings (SSSR count). The molecule has 2 aromatic carbocycles. The number of ether oxygens (including phenoxy) is 1. The largest absolute Gasteiger partial charge is 0.508 e. The summed E-state index contributed by atoms with van der Waals surface area (Å²) in [6.07, 6.45) is 0. The fraction of sp³-hybridized carbons (Fsp3) is 0.250. The molecular formula is C16H19NO2. The smallest absolute Gasteiger partial charge is 0.120 e. The van der Waals surface area contributed by atoms with Crippen molar-refractivity contribution in [3.05, 3.63) is 59.2 Å². The molecule has 0 aliphatic carbocycles. The predicted octanol–water partition coefficient (Wildman–Crippen LogP) is 3.00. The van der Waals surface area contributed by atoms with Gasteiger partial charge in [0.15, 0.2) is 0 Å². The van der Waals surface area contributed by atoms with E-state index in [1.807, 2.05) is 6.07 Å². The van der Waals surface area contributed by atoms with E-state index in [0.717, 1.165) is 17.9 Å². The number of rotatable bonds is 5. The lowest BCUT2D eigenvalue weighted by Gasteiger charge is -2.09. The average molecular weight is 257 g/mol. The SMILES string of the molecule is COc1ccc(O)c(CNCc2cccc(C)c2)c1. The summed E-state index contributed by atoms with van der Waals surface area (Å²) in [4.78, 5) is 0. The van der Waals surface area contributed by atoms with Crippen LogP contribution in [-0.4, -0.2) is 12.2 Å². The highest BCUT2D eigenvalue weighted by molar-refractivity contribution is 5.39. The molecule has 100 valence electrons. The maximum atomic E-state index is 9.78. The Morgan fingerprint density at radius 3 is 2.68 bits per heavy atom. The van der Waals surface area contributed by atoms with E-state index in [1.165, 1.54) is 11.1 Å². The summed E-state index contributed by atoms with van der Waals surface area (Å²) in [5.74, 6) is 1.04. The van der Waals surface area contributed by atoms with E-state index < -0.39 is 0 Å². The van der Waals surface area contributed by atoms with E-state index in [4.69, 9.17) is 4.74 Å². The Morgan fingerprint density at radius 2 is 1.95 bits per heavy atom. The first-order valence-electron chi connectivity index (χ1n) is 6.31. The van der Waals surface area contributed by atoms with Gasteiger partial charge >= 0.3 is 0 Å². The molecule has 0 amide bonds. The molecule has 0 radical (unpaired) electrons. The number of benzene rings is 2. The van der Waals surface area contributed by atoms with Gasteiger partial charge in [-0.05, 0) is 30.7 Å². The van der Waals surface area contributed by atoms with E-state index in [-0.39, 0.29) is 5.75 Å². The normalized spacial score (nSPS) is 10.4. The molecule has 0 saturated carbocycles. The van der Waals surface area contributed by atoms with Crippen molar-refractivity contribution in [1.29, 1.82) is 0 Å². The van der Waals surface area contributed by atoms with Crippen molar-refractivity contribution in [2.75, 3.05) is 7.11 Å². The van der Waals surface area contributed by atoms with Crippen LogP contribution in [0.15, 0.2) is 42.5 Å².